The molecule has 118 valence electrons. The Morgan fingerprint density at radius 2 is 1.57 bits per heavy atom. The van der Waals surface area contributed by atoms with E-state index >= 15 is 0 Å². The maximum absolute atomic E-state index is 12.8. The lowest BCUT2D eigenvalue weighted by molar-refractivity contribution is -0.139. The zero-order valence-corrected chi connectivity index (χ0v) is 13.1. The highest BCUT2D eigenvalue weighted by molar-refractivity contribution is 6.06. The number of carbonyl (C=O) groups is 2. The number of benzene rings is 1. The highest BCUT2D eigenvalue weighted by atomic mass is 16.2. The number of imide groups is 1. The van der Waals surface area contributed by atoms with Crippen LogP contribution < -0.4 is 5.32 Å². The standard InChI is InChI=1S/C19H20N2O2/c1-10-2-4-11(5-3-10)20-9-21-18(22)16-12-6-7-13(15-8-14(12)15)17(16)19(21)23/h2-7,12-17,20H,8-9H2,1H3/t12-,13-,14-,15+,16-,17+/m0/s1. The SMILES string of the molecule is Cc1ccc(NCN2C(=O)[C@@H]3[C@H]4C=C[C@@H]([C@@H]5C[C@H]45)[C@@H]3C2=O)cc1. The lowest BCUT2D eigenvalue weighted by atomic mass is 9.63. The highest BCUT2D eigenvalue weighted by Gasteiger charge is 2.66. The maximum Gasteiger partial charge on any atom is 0.235 e. The largest absolute Gasteiger partial charge is 0.367 e. The quantitative estimate of drug-likeness (QED) is 0.689. The van der Waals surface area contributed by atoms with Gasteiger partial charge in [0.1, 0.15) is 0 Å². The molecule has 0 aromatic heterocycles. The minimum Gasteiger partial charge on any atom is -0.367 e. The van der Waals surface area contributed by atoms with Crippen molar-refractivity contribution < 1.29 is 9.59 Å². The van der Waals surface area contributed by atoms with E-state index in [9.17, 15) is 9.59 Å². The van der Waals surface area contributed by atoms with Gasteiger partial charge >= 0.3 is 0 Å². The molecule has 5 aliphatic rings. The number of rotatable bonds is 3. The first-order valence-corrected chi connectivity index (χ1v) is 8.49. The average molecular weight is 308 g/mol. The van der Waals surface area contributed by atoms with Crippen LogP contribution in [0, 0.1) is 42.4 Å². The van der Waals surface area contributed by atoms with Gasteiger partial charge in [0, 0.05) is 5.69 Å². The summed E-state index contributed by atoms with van der Waals surface area (Å²) in [6, 6.07) is 8.00. The number of anilines is 1. The van der Waals surface area contributed by atoms with E-state index in [1.54, 1.807) is 0 Å². The summed E-state index contributed by atoms with van der Waals surface area (Å²) < 4.78 is 0. The van der Waals surface area contributed by atoms with Crippen molar-refractivity contribution in [1.82, 2.24) is 4.90 Å². The van der Waals surface area contributed by atoms with Crippen LogP contribution in [0.4, 0.5) is 5.69 Å². The zero-order chi connectivity index (χ0) is 15.7. The van der Waals surface area contributed by atoms with Gasteiger partial charge < -0.3 is 5.32 Å². The summed E-state index contributed by atoms with van der Waals surface area (Å²) in [5, 5.41) is 3.22. The smallest absolute Gasteiger partial charge is 0.235 e. The van der Waals surface area contributed by atoms with Crippen molar-refractivity contribution in [3.8, 4) is 0 Å². The number of hydrogen-bond donors (Lipinski definition) is 1. The third kappa shape index (κ3) is 1.78. The van der Waals surface area contributed by atoms with Crippen LogP contribution in [0.3, 0.4) is 0 Å². The summed E-state index contributed by atoms with van der Waals surface area (Å²) in [5.41, 5.74) is 2.13. The third-order valence-electron chi connectivity index (χ3n) is 6.25. The molecule has 4 heteroatoms. The number of nitrogens with one attached hydrogen (secondary N) is 1. The minimum atomic E-state index is -0.0962. The summed E-state index contributed by atoms with van der Waals surface area (Å²) in [6.45, 7) is 2.32. The molecule has 1 aromatic rings. The number of nitrogens with zero attached hydrogens (tertiary/aromatic N) is 1. The van der Waals surface area contributed by atoms with Crippen molar-refractivity contribution in [1.29, 1.82) is 0 Å². The zero-order valence-electron chi connectivity index (χ0n) is 13.1. The normalized spacial score (nSPS) is 39.4. The van der Waals surface area contributed by atoms with E-state index in [0.29, 0.717) is 23.7 Å². The van der Waals surface area contributed by atoms with Crippen LogP contribution in [0.2, 0.25) is 0 Å². The Balaban J connectivity index is 1.36. The van der Waals surface area contributed by atoms with Crippen LogP contribution in [-0.2, 0) is 9.59 Å². The van der Waals surface area contributed by atoms with E-state index in [2.05, 4.69) is 17.5 Å². The summed E-state index contributed by atoms with van der Waals surface area (Å²) >= 11 is 0. The molecule has 4 aliphatic carbocycles. The molecule has 1 aliphatic heterocycles. The fraction of sp³-hybridized carbons (Fsp3) is 0.474. The summed E-state index contributed by atoms with van der Waals surface area (Å²) in [4.78, 5) is 27.1. The average Bonchev–Trinajstić information content (AvgIpc) is 3.33. The van der Waals surface area contributed by atoms with Crippen LogP contribution in [0.15, 0.2) is 36.4 Å². The van der Waals surface area contributed by atoms with Crippen LogP contribution in [-0.4, -0.2) is 23.4 Å². The fourth-order valence-electron chi connectivity index (χ4n) is 5.02. The van der Waals surface area contributed by atoms with Gasteiger partial charge in [-0.2, -0.15) is 0 Å². The first kappa shape index (κ1) is 13.3. The monoisotopic (exact) mass is 308 g/mol. The van der Waals surface area contributed by atoms with Crippen molar-refractivity contribution in [2.75, 3.05) is 12.0 Å². The molecule has 1 saturated heterocycles. The lowest BCUT2D eigenvalue weighted by Crippen LogP contribution is -2.40. The number of amides is 2. The molecule has 0 spiro atoms. The van der Waals surface area contributed by atoms with Gasteiger partial charge in [-0.15, -0.1) is 0 Å². The number of hydrogen-bond acceptors (Lipinski definition) is 3. The van der Waals surface area contributed by atoms with Gasteiger partial charge in [0.2, 0.25) is 11.8 Å². The topological polar surface area (TPSA) is 49.4 Å². The first-order valence-electron chi connectivity index (χ1n) is 8.49. The lowest BCUT2D eigenvalue weighted by Gasteiger charge is -2.37. The number of carbonyl (C=O) groups excluding carboxylic acids is 2. The van der Waals surface area contributed by atoms with Crippen LogP contribution >= 0.6 is 0 Å². The van der Waals surface area contributed by atoms with Gasteiger partial charge in [0.15, 0.2) is 0 Å². The summed E-state index contributed by atoms with van der Waals surface area (Å²) in [6.07, 6.45) is 5.63. The van der Waals surface area contributed by atoms with E-state index in [-0.39, 0.29) is 30.3 Å². The van der Waals surface area contributed by atoms with Gasteiger partial charge in [0.05, 0.1) is 18.5 Å². The number of allylic oxidation sites excluding steroid dienone is 2. The minimum absolute atomic E-state index is 0.0318. The van der Waals surface area contributed by atoms with E-state index in [1.807, 2.05) is 31.2 Å². The van der Waals surface area contributed by atoms with Crippen LogP contribution in [0.1, 0.15) is 12.0 Å². The second-order valence-electron chi connectivity index (χ2n) is 7.46. The van der Waals surface area contributed by atoms with Crippen LogP contribution in [0.5, 0.6) is 0 Å². The number of aryl methyl sites for hydroxylation is 1. The Kier molecular flexibility index (Phi) is 2.59. The van der Waals surface area contributed by atoms with Crippen molar-refractivity contribution in [3.05, 3.63) is 42.0 Å². The molecule has 6 rings (SSSR count). The van der Waals surface area contributed by atoms with E-state index in [0.717, 1.165) is 5.69 Å². The Morgan fingerprint density at radius 1 is 1.00 bits per heavy atom. The van der Waals surface area contributed by atoms with Gasteiger partial charge in [-0.3, -0.25) is 14.5 Å². The number of likely N-dealkylation sites (tertiary alicyclic amines) is 1. The maximum atomic E-state index is 12.8. The molecule has 2 saturated carbocycles. The summed E-state index contributed by atoms with van der Waals surface area (Å²) in [7, 11) is 0. The predicted octanol–water partition coefficient (Wildman–Crippen LogP) is 2.42. The Hall–Kier alpha value is -2.10. The molecule has 0 unspecified atom stereocenters. The molecule has 23 heavy (non-hydrogen) atoms. The van der Waals surface area contributed by atoms with E-state index in [1.165, 1.54) is 16.9 Å². The predicted molar refractivity (Wildman–Crippen MR) is 86.2 cm³/mol. The molecule has 4 nitrogen and oxygen atoms in total. The first-order chi connectivity index (χ1) is 11.1. The molecule has 6 atom stereocenters. The molecular weight excluding hydrogens is 288 g/mol. The molecular formula is C19H20N2O2. The Morgan fingerprint density at radius 3 is 2.13 bits per heavy atom. The fourth-order valence-corrected chi connectivity index (χ4v) is 5.02. The van der Waals surface area contributed by atoms with Crippen molar-refractivity contribution >= 4 is 17.5 Å². The van der Waals surface area contributed by atoms with Crippen molar-refractivity contribution in [2.45, 2.75) is 13.3 Å². The molecule has 1 aromatic carbocycles. The van der Waals surface area contributed by atoms with Crippen molar-refractivity contribution in [3.63, 3.8) is 0 Å². The molecule has 2 amide bonds. The molecule has 0 radical (unpaired) electrons. The molecule has 2 bridgehead atoms. The van der Waals surface area contributed by atoms with E-state index in [4.69, 9.17) is 0 Å². The second-order valence-corrected chi connectivity index (χ2v) is 7.46. The Labute approximate surface area is 135 Å². The van der Waals surface area contributed by atoms with Gasteiger partial charge in [0.25, 0.3) is 0 Å². The van der Waals surface area contributed by atoms with Gasteiger partial charge in [-0.1, -0.05) is 29.8 Å². The molecule has 3 fully saturated rings. The molecule has 1 N–H and O–H groups in total. The second kappa shape index (κ2) is 4.47. The Bertz CT molecular complexity index is 687. The van der Waals surface area contributed by atoms with Crippen molar-refractivity contribution in [2.24, 2.45) is 35.5 Å². The molecule has 1 heterocycles. The third-order valence-corrected chi connectivity index (χ3v) is 6.25. The van der Waals surface area contributed by atoms with Gasteiger partial charge in [-0.25, -0.2) is 0 Å². The van der Waals surface area contributed by atoms with Gasteiger partial charge in [-0.05, 0) is 49.1 Å². The highest BCUT2D eigenvalue weighted by Crippen LogP contribution is 2.65. The van der Waals surface area contributed by atoms with Crippen LogP contribution in [0.25, 0.3) is 0 Å². The summed E-state index contributed by atoms with van der Waals surface area (Å²) in [5.74, 6) is 1.79. The van der Waals surface area contributed by atoms with E-state index < -0.39 is 0 Å².